The maximum absolute atomic E-state index is 4.25. The Labute approximate surface area is 144 Å². The summed E-state index contributed by atoms with van der Waals surface area (Å²) in [6, 6.07) is 21.5. The quantitative estimate of drug-likeness (QED) is 0.713. The number of nitrogens with zero attached hydrogens (tertiary/aromatic N) is 2. The number of rotatable bonds is 7. The summed E-state index contributed by atoms with van der Waals surface area (Å²) in [5, 5.41) is 3.64. The van der Waals surface area contributed by atoms with Gasteiger partial charge in [0.2, 0.25) is 0 Å². The van der Waals surface area contributed by atoms with Crippen molar-refractivity contribution in [2.24, 2.45) is 0 Å². The van der Waals surface area contributed by atoms with Crippen molar-refractivity contribution in [1.82, 2.24) is 14.9 Å². The predicted molar refractivity (Wildman–Crippen MR) is 98.9 cm³/mol. The molecule has 0 unspecified atom stereocenters. The van der Waals surface area contributed by atoms with Gasteiger partial charge in [-0.3, -0.25) is 0 Å². The molecule has 24 heavy (non-hydrogen) atoms. The first kappa shape index (κ1) is 16.5. The second-order valence-electron chi connectivity index (χ2n) is 6.34. The molecule has 0 radical (unpaired) electrons. The largest absolute Gasteiger partial charge is 0.334 e. The SMILES string of the molecule is CCn1cncc1CNCC(C)(c1ccccc1)c1ccccc1. The monoisotopic (exact) mass is 319 g/mol. The number of aryl methyl sites for hydroxylation is 1. The van der Waals surface area contributed by atoms with Crippen molar-refractivity contribution in [1.29, 1.82) is 0 Å². The molecule has 1 N–H and O–H groups in total. The van der Waals surface area contributed by atoms with E-state index in [0.717, 1.165) is 19.6 Å². The van der Waals surface area contributed by atoms with Crippen LogP contribution in [-0.4, -0.2) is 16.1 Å². The molecule has 0 aliphatic heterocycles. The van der Waals surface area contributed by atoms with Crippen LogP contribution in [0.5, 0.6) is 0 Å². The fourth-order valence-electron chi connectivity index (χ4n) is 3.20. The highest BCUT2D eigenvalue weighted by atomic mass is 15.1. The van der Waals surface area contributed by atoms with E-state index in [0.29, 0.717) is 0 Å². The molecule has 0 atom stereocenters. The summed E-state index contributed by atoms with van der Waals surface area (Å²) < 4.78 is 2.18. The topological polar surface area (TPSA) is 29.9 Å². The summed E-state index contributed by atoms with van der Waals surface area (Å²) in [7, 11) is 0. The van der Waals surface area contributed by atoms with Crippen LogP contribution in [0.1, 0.15) is 30.7 Å². The van der Waals surface area contributed by atoms with Gasteiger partial charge >= 0.3 is 0 Å². The van der Waals surface area contributed by atoms with E-state index in [1.165, 1.54) is 16.8 Å². The Balaban J connectivity index is 1.81. The lowest BCUT2D eigenvalue weighted by Gasteiger charge is -2.31. The fraction of sp³-hybridized carbons (Fsp3) is 0.286. The minimum atomic E-state index is -0.0699. The van der Waals surface area contributed by atoms with Crippen molar-refractivity contribution in [3.8, 4) is 0 Å². The first-order chi connectivity index (χ1) is 11.7. The lowest BCUT2D eigenvalue weighted by atomic mass is 9.76. The average Bonchev–Trinajstić information content (AvgIpc) is 3.10. The minimum Gasteiger partial charge on any atom is -0.334 e. The maximum Gasteiger partial charge on any atom is 0.0948 e. The van der Waals surface area contributed by atoms with E-state index in [1.807, 2.05) is 12.5 Å². The molecule has 0 bridgehead atoms. The molecule has 0 spiro atoms. The Bertz CT molecular complexity index is 708. The number of nitrogens with one attached hydrogen (secondary N) is 1. The first-order valence-corrected chi connectivity index (χ1v) is 8.55. The summed E-state index contributed by atoms with van der Waals surface area (Å²) >= 11 is 0. The highest BCUT2D eigenvalue weighted by molar-refractivity contribution is 5.38. The zero-order valence-corrected chi connectivity index (χ0v) is 14.4. The predicted octanol–water partition coefficient (Wildman–Crippen LogP) is 4.00. The molecule has 0 amide bonds. The molecule has 0 aliphatic rings. The minimum absolute atomic E-state index is 0.0699. The van der Waals surface area contributed by atoms with E-state index in [-0.39, 0.29) is 5.41 Å². The molecule has 0 aliphatic carbocycles. The van der Waals surface area contributed by atoms with Crippen LogP contribution in [0.25, 0.3) is 0 Å². The van der Waals surface area contributed by atoms with E-state index in [4.69, 9.17) is 0 Å². The van der Waals surface area contributed by atoms with Crippen molar-refractivity contribution >= 4 is 0 Å². The molecule has 3 nitrogen and oxygen atoms in total. The summed E-state index contributed by atoms with van der Waals surface area (Å²) in [4.78, 5) is 4.25. The second-order valence-corrected chi connectivity index (χ2v) is 6.34. The fourth-order valence-corrected chi connectivity index (χ4v) is 3.20. The van der Waals surface area contributed by atoms with Crippen LogP contribution in [0.4, 0.5) is 0 Å². The number of benzene rings is 2. The van der Waals surface area contributed by atoms with Crippen molar-refractivity contribution < 1.29 is 0 Å². The Hall–Kier alpha value is -2.39. The van der Waals surface area contributed by atoms with Crippen LogP contribution in [0.15, 0.2) is 73.2 Å². The van der Waals surface area contributed by atoms with Gasteiger partial charge < -0.3 is 9.88 Å². The van der Waals surface area contributed by atoms with Gasteiger partial charge in [0, 0.05) is 31.2 Å². The van der Waals surface area contributed by atoms with E-state index in [2.05, 4.69) is 89.4 Å². The van der Waals surface area contributed by atoms with Gasteiger partial charge in [0.15, 0.2) is 0 Å². The van der Waals surface area contributed by atoms with Gasteiger partial charge in [-0.05, 0) is 18.1 Å². The highest BCUT2D eigenvalue weighted by Gasteiger charge is 2.28. The molecule has 3 heteroatoms. The summed E-state index contributed by atoms with van der Waals surface area (Å²) in [6.45, 7) is 7.09. The van der Waals surface area contributed by atoms with Crippen LogP contribution in [0.2, 0.25) is 0 Å². The van der Waals surface area contributed by atoms with Gasteiger partial charge in [-0.2, -0.15) is 0 Å². The highest BCUT2D eigenvalue weighted by Crippen LogP contribution is 2.31. The van der Waals surface area contributed by atoms with Gasteiger partial charge in [0.05, 0.1) is 12.0 Å². The summed E-state index contributed by atoms with van der Waals surface area (Å²) in [5.74, 6) is 0. The standard InChI is InChI=1S/C21H25N3/c1-3-24-17-23-15-20(24)14-22-16-21(2,18-10-6-4-7-11-18)19-12-8-5-9-13-19/h4-13,15,17,22H,3,14,16H2,1-2H3. The maximum atomic E-state index is 4.25. The van der Waals surface area contributed by atoms with Crippen LogP contribution >= 0.6 is 0 Å². The number of hydrogen-bond acceptors (Lipinski definition) is 2. The zero-order chi connectivity index (χ0) is 16.8. The first-order valence-electron chi connectivity index (χ1n) is 8.55. The zero-order valence-electron chi connectivity index (χ0n) is 14.4. The van der Waals surface area contributed by atoms with Crippen molar-refractivity contribution in [3.05, 3.63) is 90.0 Å². The Morgan fingerprint density at radius 1 is 0.958 bits per heavy atom. The number of aromatic nitrogens is 2. The molecule has 124 valence electrons. The number of imidazole rings is 1. The summed E-state index contributed by atoms with van der Waals surface area (Å²) in [5.41, 5.74) is 3.81. The molecule has 0 fully saturated rings. The normalized spacial score (nSPS) is 11.6. The smallest absolute Gasteiger partial charge is 0.0948 e. The van der Waals surface area contributed by atoms with Crippen molar-refractivity contribution in [2.45, 2.75) is 32.4 Å². The molecule has 1 heterocycles. The van der Waals surface area contributed by atoms with Gasteiger partial charge in [-0.25, -0.2) is 4.98 Å². The molecule has 1 aromatic heterocycles. The average molecular weight is 319 g/mol. The molecular formula is C21H25N3. The van der Waals surface area contributed by atoms with E-state index >= 15 is 0 Å². The van der Waals surface area contributed by atoms with Crippen LogP contribution in [0.3, 0.4) is 0 Å². The third-order valence-corrected chi connectivity index (χ3v) is 4.75. The molecule has 3 rings (SSSR count). The van der Waals surface area contributed by atoms with Gasteiger partial charge in [0.1, 0.15) is 0 Å². The van der Waals surface area contributed by atoms with Crippen LogP contribution in [-0.2, 0) is 18.5 Å². The lowest BCUT2D eigenvalue weighted by Crippen LogP contribution is -2.36. The van der Waals surface area contributed by atoms with Gasteiger partial charge in [-0.1, -0.05) is 67.6 Å². The second kappa shape index (κ2) is 7.45. The van der Waals surface area contributed by atoms with Crippen molar-refractivity contribution in [3.63, 3.8) is 0 Å². The molecule has 2 aromatic carbocycles. The molecule has 0 saturated heterocycles. The van der Waals surface area contributed by atoms with Gasteiger partial charge in [0.25, 0.3) is 0 Å². The Morgan fingerprint density at radius 2 is 1.54 bits per heavy atom. The van der Waals surface area contributed by atoms with Crippen LogP contribution in [0, 0.1) is 0 Å². The molecule has 0 saturated carbocycles. The molecular weight excluding hydrogens is 294 g/mol. The lowest BCUT2D eigenvalue weighted by molar-refractivity contribution is 0.493. The number of hydrogen-bond donors (Lipinski definition) is 1. The summed E-state index contributed by atoms with van der Waals surface area (Å²) in [6.07, 6.45) is 3.84. The van der Waals surface area contributed by atoms with E-state index < -0.39 is 0 Å². The third-order valence-electron chi connectivity index (χ3n) is 4.75. The van der Waals surface area contributed by atoms with E-state index in [9.17, 15) is 0 Å². The third kappa shape index (κ3) is 3.41. The van der Waals surface area contributed by atoms with Crippen LogP contribution < -0.4 is 5.32 Å². The Kier molecular flexibility index (Phi) is 5.11. The Morgan fingerprint density at radius 3 is 2.08 bits per heavy atom. The van der Waals surface area contributed by atoms with Crippen molar-refractivity contribution in [2.75, 3.05) is 6.54 Å². The van der Waals surface area contributed by atoms with E-state index in [1.54, 1.807) is 0 Å². The molecule has 3 aromatic rings. The van der Waals surface area contributed by atoms with Gasteiger partial charge in [-0.15, -0.1) is 0 Å².